The van der Waals surface area contributed by atoms with Gasteiger partial charge in [0.25, 0.3) is 10.0 Å². The molecule has 2 aliphatic rings. The Kier molecular flexibility index (Phi) is 7.53. The average molecular weight is 471 g/mol. The minimum absolute atomic E-state index is 0.179. The van der Waals surface area contributed by atoms with Gasteiger partial charge in [-0.15, -0.1) is 0 Å². The van der Waals surface area contributed by atoms with Gasteiger partial charge in [0.05, 0.1) is 5.69 Å². The van der Waals surface area contributed by atoms with Crippen molar-refractivity contribution >= 4 is 27.4 Å². The van der Waals surface area contributed by atoms with Crippen molar-refractivity contribution in [3.63, 3.8) is 0 Å². The molecule has 0 bridgehead atoms. The average Bonchev–Trinajstić information content (AvgIpc) is 2.86. The zero-order chi connectivity index (χ0) is 23.3. The highest BCUT2D eigenvalue weighted by Crippen LogP contribution is 2.28. The van der Waals surface area contributed by atoms with Crippen LogP contribution >= 0.6 is 0 Å². The van der Waals surface area contributed by atoms with Crippen molar-refractivity contribution in [2.24, 2.45) is 5.92 Å². The second kappa shape index (κ2) is 10.5. The first kappa shape index (κ1) is 23.5. The largest absolute Gasteiger partial charge is 0.353 e. The van der Waals surface area contributed by atoms with E-state index in [0.717, 1.165) is 5.82 Å². The molecule has 1 aromatic carbocycles. The van der Waals surface area contributed by atoms with Crippen molar-refractivity contribution in [1.82, 2.24) is 9.88 Å². The molecule has 0 radical (unpaired) electrons. The monoisotopic (exact) mass is 470 g/mol. The molecule has 0 atom stereocenters. The summed E-state index contributed by atoms with van der Waals surface area (Å²) in [6.45, 7) is 4.95. The van der Waals surface area contributed by atoms with E-state index in [9.17, 15) is 13.2 Å². The van der Waals surface area contributed by atoms with Crippen molar-refractivity contribution in [3.05, 3.63) is 48.7 Å². The summed E-state index contributed by atoms with van der Waals surface area (Å²) in [5.41, 5.74) is 0.637. The van der Waals surface area contributed by atoms with Crippen molar-refractivity contribution in [2.45, 2.75) is 50.3 Å². The number of benzene rings is 1. The number of amides is 1. The van der Waals surface area contributed by atoms with Crippen molar-refractivity contribution in [3.8, 4) is 0 Å². The molecule has 0 spiro atoms. The number of pyridine rings is 1. The first-order valence-electron chi connectivity index (χ1n) is 12.1. The standard InChI is InChI=1S/C25H34N4O3S/c1-2-29(22-11-7-4-8-12-22)33(31,32)23-13-14-24(26-20-23)27-15-17-28(18-16-27)25(30)19-21-9-5-3-6-10-21/h4,7-8,11-14,20-21H,2-3,5-6,9-10,15-19H2,1H3. The van der Waals surface area contributed by atoms with Crippen molar-refractivity contribution in [2.75, 3.05) is 41.9 Å². The molecule has 1 amide bonds. The highest BCUT2D eigenvalue weighted by Gasteiger charge is 2.27. The maximum atomic E-state index is 13.2. The molecule has 178 valence electrons. The van der Waals surface area contributed by atoms with Crippen LogP contribution in [0.15, 0.2) is 53.6 Å². The maximum Gasteiger partial charge on any atom is 0.265 e. The summed E-state index contributed by atoms with van der Waals surface area (Å²) in [5, 5.41) is 0. The number of nitrogens with zero attached hydrogens (tertiary/aromatic N) is 4. The normalized spacial score (nSPS) is 17.7. The molecule has 2 fully saturated rings. The van der Waals surface area contributed by atoms with Crippen LogP contribution in [-0.2, 0) is 14.8 Å². The van der Waals surface area contributed by atoms with Gasteiger partial charge in [-0.2, -0.15) is 0 Å². The molecule has 1 saturated carbocycles. The van der Waals surface area contributed by atoms with E-state index < -0.39 is 10.0 Å². The minimum atomic E-state index is -3.69. The van der Waals surface area contributed by atoms with Gasteiger partial charge in [-0.1, -0.05) is 37.5 Å². The van der Waals surface area contributed by atoms with Crippen molar-refractivity contribution in [1.29, 1.82) is 0 Å². The number of hydrogen-bond acceptors (Lipinski definition) is 5. The van der Waals surface area contributed by atoms with Crippen LogP contribution in [0.25, 0.3) is 0 Å². The Morgan fingerprint density at radius 3 is 2.30 bits per heavy atom. The lowest BCUT2D eigenvalue weighted by Crippen LogP contribution is -2.49. The van der Waals surface area contributed by atoms with Gasteiger partial charge in [0.15, 0.2) is 0 Å². The fourth-order valence-corrected chi connectivity index (χ4v) is 6.30. The second-order valence-electron chi connectivity index (χ2n) is 8.93. The number of carbonyl (C=O) groups is 1. The number of aromatic nitrogens is 1. The van der Waals surface area contributed by atoms with Crippen LogP contribution in [0.4, 0.5) is 11.5 Å². The van der Waals surface area contributed by atoms with Gasteiger partial charge >= 0.3 is 0 Å². The van der Waals surface area contributed by atoms with Crippen molar-refractivity contribution < 1.29 is 13.2 Å². The molecule has 33 heavy (non-hydrogen) atoms. The predicted octanol–water partition coefficient (Wildman–Crippen LogP) is 3.92. The summed E-state index contributed by atoms with van der Waals surface area (Å²) in [7, 11) is -3.69. The number of piperazine rings is 1. The SMILES string of the molecule is CCN(c1ccccc1)S(=O)(=O)c1ccc(N2CCN(C(=O)CC3CCCCC3)CC2)nc1. The number of rotatable bonds is 7. The second-order valence-corrected chi connectivity index (χ2v) is 10.8. The molecular formula is C25H34N4O3S. The lowest BCUT2D eigenvalue weighted by molar-refractivity contribution is -0.132. The van der Waals surface area contributed by atoms with E-state index >= 15 is 0 Å². The Bertz CT molecular complexity index is 1010. The summed E-state index contributed by atoms with van der Waals surface area (Å²) in [4.78, 5) is 21.4. The lowest BCUT2D eigenvalue weighted by atomic mass is 9.86. The van der Waals surface area contributed by atoms with E-state index in [1.807, 2.05) is 30.0 Å². The molecule has 1 saturated heterocycles. The molecule has 7 nitrogen and oxygen atoms in total. The van der Waals surface area contributed by atoms with Gasteiger partial charge in [0, 0.05) is 45.3 Å². The molecule has 1 aliphatic carbocycles. The minimum Gasteiger partial charge on any atom is -0.353 e. The fourth-order valence-electron chi connectivity index (χ4n) is 4.88. The van der Waals surface area contributed by atoms with Crippen LogP contribution in [0.5, 0.6) is 0 Å². The number of hydrogen-bond donors (Lipinski definition) is 0. The molecule has 8 heteroatoms. The molecule has 0 N–H and O–H groups in total. The Morgan fingerprint density at radius 2 is 1.70 bits per heavy atom. The van der Waals surface area contributed by atoms with Crippen LogP contribution in [0.3, 0.4) is 0 Å². The van der Waals surface area contributed by atoms with Crippen LogP contribution in [0, 0.1) is 5.92 Å². The van der Waals surface area contributed by atoms with E-state index in [0.29, 0.717) is 50.7 Å². The van der Waals surface area contributed by atoms with Gasteiger partial charge < -0.3 is 9.80 Å². The maximum absolute atomic E-state index is 13.2. The third-order valence-electron chi connectivity index (χ3n) is 6.78. The number of anilines is 2. The highest BCUT2D eigenvalue weighted by atomic mass is 32.2. The number of carbonyl (C=O) groups excluding carboxylic acids is 1. The van der Waals surface area contributed by atoms with Crippen LogP contribution in [0.2, 0.25) is 0 Å². The molecular weight excluding hydrogens is 436 g/mol. The highest BCUT2D eigenvalue weighted by molar-refractivity contribution is 7.92. The van der Waals surface area contributed by atoms with E-state index in [2.05, 4.69) is 9.88 Å². The molecule has 4 rings (SSSR count). The zero-order valence-corrected chi connectivity index (χ0v) is 20.2. The first-order valence-corrected chi connectivity index (χ1v) is 13.5. The summed E-state index contributed by atoms with van der Waals surface area (Å²) in [6, 6.07) is 12.5. The summed E-state index contributed by atoms with van der Waals surface area (Å²) in [6.07, 6.45) is 8.31. The topological polar surface area (TPSA) is 73.8 Å². The third-order valence-corrected chi connectivity index (χ3v) is 8.67. The quantitative estimate of drug-likeness (QED) is 0.613. The van der Waals surface area contributed by atoms with Gasteiger partial charge in [-0.3, -0.25) is 9.10 Å². The lowest BCUT2D eigenvalue weighted by Gasteiger charge is -2.36. The predicted molar refractivity (Wildman–Crippen MR) is 131 cm³/mol. The van der Waals surface area contributed by atoms with Crippen LogP contribution in [-0.4, -0.2) is 56.9 Å². The molecule has 2 aromatic rings. The summed E-state index contributed by atoms with van der Waals surface area (Å²) in [5.74, 6) is 1.58. The van der Waals surface area contributed by atoms with Gasteiger partial charge in [0.1, 0.15) is 10.7 Å². The van der Waals surface area contributed by atoms with Gasteiger partial charge in [0.2, 0.25) is 5.91 Å². The van der Waals surface area contributed by atoms with E-state index in [1.165, 1.54) is 42.6 Å². The number of sulfonamides is 1. The zero-order valence-electron chi connectivity index (χ0n) is 19.4. The van der Waals surface area contributed by atoms with Crippen LogP contribution in [0.1, 0.15) is 45.4 Å². The van der Waals surface area contributed by atoms with Gasteiger partial charge in [-0.05, 0) is 49.9 Å². The molecule has 2 heterocycles. The van der Waals surface area contributed by atoms with Gasteiger partial charge in [-0.25, -0.2) is 13.4 Å². The van der Waals surface area contributed by atoms with E-state index in [4.69, 9.17) is 0 Å². The first-order chi connectivity index (χ1) is 16.0. The number of para-hydroxylation sites is 1. The summed E-state index contributed by atoms with van der Waals surface area (Å²) >= 11 is 0. The van der Waals surface area contributed by atoms with E-state index in [-0.39, 0.29) is 10.8 Å². The Balaban J connectivity index is 1.36. The Hall–Kier alpha value is -2.61. The smallest absolute Gasteiger partial charge is 0.265 e. The molecule has 1 aliphatic heterocycles. The Labute approximate surface area is 197 Å². The molecule has 1 aromatic heterocycles. The van der Waals surface area contributed by atoms with E-state index in [1.54, 1.807) is 24.3 Å². The van der Waals surface area contributed by atoms with Crippen LogP contribution < -0.4 is 9.21 Å². The molecule has 0 unspecified atom stereocenters. The fraction of sp³-hybridized carbons (Fsp3) is 0.520. The third kappa shape index (κ3) is 5.49. The summed E-state index contributed by atoms with van der Waals surface area (Å²) < 4.78 is 27.7. The Morgan fingerprint density at radius 1 is 1.00 bits per heavy atom.